The van der Waals surface area contributed by atoms with E-state index in [0.29, 0.717) is 55.7 Å². The average molecular weight is 634 g/mol. The Kier molecular flexibility index (Phi) is 15.4. The van der Waals surface area contributed by atoms with Crippen LogP contribution in [0, 0.1) is 11.6 Å². The van der Waals surface area contributed by atoms with Gasteiger partial charge in [-0.2, -0.15) is 11.8 Å². The second kappa shape index (κ2) is 19.0. The first-order chi connectivity index (χ1) is 21.2. The van der Waals surface area contributed by atoms with E-state index < -0.39 is 29.8 Å². The molecule has 2 aromatic carbocycles. The fourth-order valence-corrected chi connectivity index (χ4v) is 6.90. The molecule has 2 unspecified atom stereocenters. The zero-order valence-corrected chi connectivity index (χ0v) is 27.2. The summed E-state index contributed by atoms with van der Waals surface area (Å²) in [5, 5.41) is 3.25. The van der Waals surface area contributed by atoms with Gasteiger partial charge >= 0.3 is 6.09 Å². The van der Waals surface area contributed by atoms with Gasteiger partial charge in [0.2, 0.25) is 5.91 Å². The van der Waals surface area contributed by atoms with Crippen molar-refractivity contribution in [1.82, 2.24) is 10.2 Å². The zero-order chi connectivity index (χ0) is 31.9. The number of nitrogens with one attached hydrogen (secondary N) is 1. The number of ether oxygens (including phenoxy) is 2. The lowest BCUT2D eigenvalue weighted by molar-refractivity contribution is -0.133. The first kappa shape index (κ1) is 35.8. The van der Waals surface area contributed by atoms with Gasteiger partial charge in [0.1, 0.15) is 23.8 Å². The van der Waals surface area contributed by atoms with Crippen molar-refractivity contribution in [2.24, 2.45) is 5.73 Å². The maximum Gasteiger partial charge on any atom is 0.408 e. The molecule has 0 aliphatic carbocycles. The van der Waals surface area contributed by atoms with E-state index in [0.717, 1.165) is 49.3 Å². The summed E-state index contributed by atoms with van der Waals surface area (Å²) in [5.74, 6) is -1.09. The van der Waals surface area contributed by atoms with Crippen LogP contribution in [0.4, 0.5) is 13.6 Å². The Hall–Kier alpha value is -2.69. The smallest absolute Gasteiger partial charge is 0.408 e. The van der Waals surface area contributed by atoms with Crippen molar-refractivity contribution in [1.29, 1.82) is 0 Å². The number of rotatable bonds is 18. The van der Waals surface area contributed by atoms with Crippen LogP contribution >= 0.6 is 11.8 Å². The van der Waals surface area contributed by atoms with Crippen LogP contribution in [0.5, 0.6) is 0 Å². The number of nitrogens with zero attached hydrogens (tertiary/aromatic N) is 1. The molecule has 2 amide bonds. The van der Waals surface area contributed by atoms with E-state index in [4.69, 9.17) is 15.2 Å². The van der Waals surface area contributed by atoms with E-state index in [9.17, 15) is 18.4 Å². The van der Waals surface area contributed by atoms with Gasteiger partial charge in [0.15, 0.2) is 0 Å². The highest BCUT2D eigenvalue weighted by Gasteiger charge is 2.30. The van der Waals surface area contributed by atoms with Crippen LogP contribution in [0.25, 0.3) is 0 Å². The summed E-state index contributed by atoms with van der Waals surface area (Å²) in [6.07, 6.45) is 5.37. The SMILES string of the molecule is CCCC(CCC)SCC(NC(=O)OC1CCOC1)C(=O)N(CC[C@@H](N)Cc1cc(F)cc(F)c1)Cc1cccc(CC)c1. The molecule has 1 fully saturated rings. The molecular weight excluding hydrogens is 584 g/mol. The van der Waals surface area contributed by atoms with Gasteiger partial charge in [0, 0.05) is 42.6 Å². The van der Waals surface area contributed by atoms with Crippen LogP contribution in [-0.2, 0) is 33.7 Å². The number of nitrogens with two attached hydrogens (primary N) is 1. The third-order valence-electron chi connectivity index (χ3n) is 7.75. The number of halogens is 2. The second-order valence-corrected chi connectivity index (χ2v) is 12.9. The highest BCUT2D eigenvalue weighted by atomic mass is 32.2. The standard InChI is InChI=1S/C34H49F2N3O4S/c1-4-8-31(9-5-2)44-23-32(38-34(41)43-30-13-15-42-22-30)33(40)39(21-25-11-7-10-24(6-3)16-25)14-12-29(37)19-26-17-27(35)20-28(36)18-26/h7,10-11,16-18,20,29-32H,4-6,8-9,12-15,19,21-23,37H2,1-3H3,(H,38,41)/t29-,30?,32?/m1/s1. The van der Waals surface area contributed by atoms with Crippen LogP contribution in [0.3, 0.4) is 0 Å². The molecule has 1 saturated heterocycles. The molecule has 2 aromatic rings. The number of hydrogen-bond acceptors (Lipinski definition) is 6. The highest BCUT2D eigenvalue weighted by Crippen LogP contribution is 2.23. The topological polar surface area (TPSA) is 93.9 Å². The van der Waals surface area contributed by atoms with Crippen LogP contribution in [0.15, 0.2) is 42.5 Å². The van der Waals surface area contributed by atoms with E-state index in [1.807, 2.05) is 12.1 Å². The van der Waals surface area contributed by atoms with Gasteiger partial charge in [0.05, 0.1) is 13.2 Å². The van der Waals surface area contributed by atoms with Gasteiger partial charge in [-0.25, -0.2) is 13.6 Å². The van der Waals surface area contributed by atoms with Crippen molar-refractivity contribution in [3.05, 3.63) is 70.8 Å². The summed E-state index contributed by atoms with van der Waals surface area (Å²) in [6, 6.07) is 10.3. The first-order valence-electron chi connectivity index (χ1n) is 15.9. The van der Waals surface area contributed by atoms with Crippen LogP contribution in [0.2, 0.25) is 0 Å². The Labute approximate surface area is 265 Å². The van der Waals surface area contributed by atoms with Crippen molar-refractivity contribution in [3.63, 3.8) is 0 Å². The molecule has 0 radical (unpaired) electrons. The lowest BCUT2D eigenvalue weighted by atomic mass is 10.0. The molecular formula is C34H49F2N3O4S. The van der Waals surface area contributed by atoms with Gasteiger partial charge < -0.3 is 25.4 Å². The van der Waals surface area contributed by atoms with E-state index in [1.165, 1.54) is 12.1 Å². The van der Waals surface area contributed by atoms with Gasteiger partial charge in [0.25, 0.3) is 0 Å². The number of hydrogen-bond donors (Lipinski definition) is 2. The number of carbonyl (C=O) groups is 2. The van der Waals surface area contributed by atoms with Crippen molar-refractivity contribution >= 4 is 23.8 Å². The summed E-state index contributed by atoms with van der Waals surface area (Å²) in [7, 11) is 0. The van der Waals surface area contributed by atoms with E-state index in [1.54, 1.807) is 16.7 Å². The van der Waals surface area contributed by atoms with Gasteiger partial charge in [-0.05, 0) is 60.9 Å². The minimum Gasteiger partial charge on any atom is -0.444 e. The van der Waals surface area contributed by atoms with Crippen molar-refractivity contribution in [3.8, 4) is 0 Å². The van der Waals surface area contributed by atoms with Crippen LogP contribution < -0.4 is 11.1 Å². The molecule has 3 N–H and O–H groups in total. The summed E-state index contributed by atoms with van der Waals surface area (Å²) in [4.78, 5) is 28.9. The van der Waals surface area contributed by atoms with E-state index >= 15 is 0 Å². The molecule has 0 aromatic heterocycles. The molecule has 0 spiro atoms. The Bertz CT molecular complexity index is 1150. The number of thioether (sulfide) groups is 1. The minimum atomic E-state index is -0.797. The van der Waals surface area contributed by atoms with Crippen molar-refractivity contribution < 1.29 is 27.8 Å². The maximum absolute atomic E-state index is 14.2. The van der Waals surface area contributed by atoms with Crippen LogP contribution in [-0.4, -0.2) is 65.8 Å². The maximum atomic E-state index is 14.2. The molecule has 0 bridgehead atoms. The summed E-state index contributed by atoms with van der Waals surface area (Å²) in [6.45, 7) is 7.93. The van der Waals surface area contributed by atoms with E-state index in [2.05, 4.69) is 38.2 Å². The monoisotopic (exact) mass is 633 g/mol. The van der Waals surface area contributed by atoms with Crippen molar-refractivity contribution in [2.75, 3.05) is 25.5 Å². The van der Waals surface area contributed by atoms with Gasteiger partial charge in [-0.3, -0.25) is 4.79 Å². The Morgan fingerprint density at radius 2 is 1.75 bits per heavy atom. The lowest BCUT2D eigenvalue weighted by Gasteiger charge is -2.30. The number of carbonyl (C=O) groups excluding carboxylic acids is 2. The molecule has 1 aliphatic heterocycles. The fraction of sp³-hybridized carbons (Fsp3) is 0.588. The Balaban J connectivity index is 1.79. The lowest BCUT2D eigenvalue weighted by Crippen LogP contribution is -2.51. The van der Waals surface area contributed by atoms with Crippen LogP contribution in [0.1, 0.15) is 76.0 Å². The summed E-state index contributed by atoms with van der Waals surface area (Å²) >= 11 is 1.71. The molecule has 10 heteroatoms. The largest absolute Gasteiger partial charge is 0.444 e. The number of alkyl carbamates (subject to hydrolysis) is 1. The highest BCUT2D eigenvalue weighted by molar-refractivity contribution is 7.99. The van der Waals surface area contributed by atoms with Gasteiger partial charge in [-0.15, -0.1) is 0 Å². The second-order valence-electron chi connectivity index (χ2n) is 11.6. The molecule has 1 aliphatic rings. The number of benzene rings is 2. The summed E-state index contributed by atoms with van der Waals surface area (Å²) in [5.41, 5.74) is 9.03. The first-order valence-corrected chi connectivity index (χ1v) is 17.0. The molecule has 3 rings (SSSR count). The third-order valence-corrected chi connectivity index (χ3v) is 9.22. The quantitative estimate of drug-likeness (QED) is 0.197. The fourth-order valence-electron chi connectivity index (χ4n) is 5.41. The molecule has 0 saturated carbocycles. The minimum absolute atomic E-state index is 0.213. The Morgan fingerprint density at radius 3 is 2.39 bits per heavy atom. The molecule has 1 heterocycles. The Morgan fingerprint density at radius 1 is 1.05 bits per heavy atom. The third kappa shape index (κ3) is 12.4. The average Bonchev–Trinajstić information content (AvgIpc) is 3.49. The summed E-state index contributed by atoms with van der Waals surface area (Å²) < 4.78 is 38.4. The predicted octanol–water partition coefficient (Wildman–Crippen LogP) is 6.40. The normalized spacial score (nSPS) is 16.1. The zero-order valence-electron chi connectivity index (χ0n) is 26.4. The molecule has 244 valence electrons. The molecule has 3 atom stereocenters. The predicted molar refractivity (Wildman–Crippen MR) is 173 cm³/mol. The van der Waals surface area contributed by atoms with Crippen molar-refractivity contribution in [2.45, 2.75) is 102 Å². The van der Waals surface area contributed by atoms with E-state index in [-0.39, 0.29) is 18.4 Å². The molecule has 44 heavy (non-hydrogen) atoms. The molecule has 7 nitrogen and oxygen atoms in total. The van der Waals surface area contributed by atoms with Gasteiger partial charge in [-0.1, -0.05) is 57.9 Å². The number of aryl methyl sites for hydroxylation is 1. The number of amides is 2.